The molecule has 0 aliphatic heterocycles. The summed E-state index contributed by atoms with van der Waals surface area (Å²) in [6.07, 6.45) is 0. The first-order valence-corrected chi connectivity index (χ1v) is 14.6. The van der Waals surface area contributed by atoms with Gasteiger partial charge in [-0.3, -0.25) is 0 Å². The predicted octanol–water partition coefficient (Wildman–Crippen LogP) is 12.0. The minimum Gasteiger partial charge on any atom is -0.135 e. The van der Waals surface area contributed by atoms with Crippen molar-refractivity contribution in [2.24, 2.45) is 0 Å². The van der Waals surface area contributed by atoms with Crippen LogP contribution in [0.4, 0.5) is 0 Å². The first-order valence-electron chi connectivity index (χ1n) is 15.8. The van der Waals surface area contributed by atoms with E-state index < -0.39 is 0 Å². The first-order chi connectivity index (χ1) is 22.0. The normalized spacial score (nSPS) is 13.3. The zero-order valence-electron chi connectivity index (χ0n) is 26.0. The maximum atomic E-state index is 9.33. The van der Waals surface area contributed by atoms with Crippen LogP contribution in [0.25, 0.3) is 85.5 Å². The molecule has 0 bridgehead atoms. The monoisotopic (exact) mass is 540 g/mol. The van der Waals surface area contributed by atoms with Gasteiger partial charge in [-0.2, -0.15) is 0 Å². The summed E-state index contributed by atoms with van der Waals surface area (Å²) in [4.78, 5) is 0. The van der Waals surface area contributed by atoms with E-state index in [0.717, 1.165) is 63.4 Å². The second-order valence-corrected chi connectivity index (χ2v) is 11.7. The first kappa shape index (κ1) is 19.2. The molecule has 1 aromatic heterocycles. The third-order valence-corrected chi connectivity index (χ3v) is 9.37. The van der Waals surface area contributed by atoms with Crippen molar-refractivity contribution in [3.8, 4) is 22.3 Å². The highest BCUT2D eigenvalue weighted by atomic mass is 32.1. The fraction of sp³-hybridized carbons (Fsp3) is 0. The van der Waals surface area contributed by atoms with Gasteiger partial charge in [0.1, 0.15) is 0 Å². The number of hydrogen-bond donors (Lipinski definition) is 0. The minimum atomic E-state index is -0.0294. The topological polar surface area (TPSA) is 0 Å². The summed E-state index contributed by atoms with van der Waals surface area (Å²) < 4.78 is 39.5. The molecule has 0 fully saturated rings. The second-order valence-electron chi connectivity index (χ2n) is 10.6. The molecular weight excluding hydrogens is 513 g/mol. The van der Waals surface area contributed by atoms with Crippen molar-refractivity contribution < 1.29 is 5.48 Å². The zero-order valence-corrected chi connectivity index (χ0v) is 22.8. The Hall–Kier alpha value is -4.98. The lowest BCUT2D eigenvalue weighted by atomic mass is 9.91. The van der Waals surface area contributed by atoms with E-state index in [-0.39, 0.29) is 24.2 Å². The molecule has 0 aliphatic rings. The van der Waals surface area contributed by atoms with E-state index in [1.807, 2.05) is 60.7 Å². The lowest BCUT2D eigenvalue weighted by molar-refractivity contribution is 1.64. The molecule has 1 heterocycles. The Kier molecular flexibility index (Phi) is 4.09. The number of benzene rings is 8. The molecule has 0 unspecified atom stereocenters. The van der Waals surface area contributed by atoms with E-state index >= 15 is 0 Å². The highest BCUT2D eigenvalue weighted by Gasteiger charge is 2.14. The Balaban J connectivity index is 1.33. The maximum Gasteiger partial charge on any atom is 0.0629 e. The van der Waals surface area contributed by atoms with Gasteiger partial charge < -0.3 is 0 Å². The Bertz CT molecular complexity index is 2680. The van der Waals surface area contributed by atoms with Crippen LogP contribution in [0.15, 0.2) is 145 Å². The summed E-state index contributed by atoms with van der Waals surface area (Å²) in [6.45, 7) is 0. The average molecular weight is 541 g/mol. The van der Waals surface area contributed by atoms with Gasteiger partial charge in [-0.05, 0) is 102 Å². The van der Waals surface area contributed by atoms with Gasteiger partial charge in [-0.15, -0.1) is 11.3 Å². The van der Waals surface area contributed by atoms with Crippen LogP contribution >= 0.6 is 11.3 Å². The molecule has 8 aromatic carbocycles. The summed E-state index contributed by atoms with van der Waals surface area (Å²) in [5, 5.41) is 10.6. The van der Waals surface area contributed by atoms with E-state index in [2.05, 4.69) is 60.7 Å². The van der Waals surface area contributed by atoms with Crippen molar-refractivity contribution in [2.45, 2.75) is 0 Å². The van der Waals surface area contributed by atoms with Crippen LogP contribution in [-0.4, -0.2) is 0 Å². The molecule has 0 spiro atoms. The summed E-state index contributed by atoms with van der Waals surface area (Å²) in [6, 6.07) is 41.2. The van der Waals surface area contributed by atoms with E-state index in [9.17, 15) is 5.48 Å². The van der Waals surface area contributed by atoms with Crippen molar-refractivity contribution in [3.63, 3.8) is 0 Å². The molecule has 0 saturated carbocycles. The molecule has 9 aromatic rings. The summed E-state index contributed by atoms with van der Waals surface area (Å²) in [7, 11) is 0. The van der Waals surface area contributed by atoms with Crippen molar-refractivity contribution in [1.29, 1.82) is 0 Å². The lowest BCUT2D eigenvalue weighted by Crippen LogP contribution is -1.86. The molecule has 0 N–H and O–H groups in total. The second kappa shape index (κ2) is 8.76. The van der Waals surface area contributed by atoms with E-state index in [0.29, 0.717) is 16.7 Å². The zero-order chi connectivity index (χ0) is 30.4. The predicted molar refractivity (Wildman–Crippen MR) is 180 cm³/mol. The molecule has 0 aliphatic carbocycles. The van der Waals surface area contributed by atoms with E-state index in [1.165, 1.54) is 5.39 Å². The maximum absolute atomic E-state index is 9.33. The van der Waals surface area contributed by atoms with Crippen molar-refractivity contribution in [3.05, 3.63) is 145 Å². The number of hydrogen-bond acceptors (Lipinski definition) is 1. The summed E-state index contributed by atoms with van der Waals surface area (Å²) in [5.74, 6) is 0. The molecule has 0 radical (unpaired) electrons. The summed E-state index contributed by atoms with van der Waals surface area (Å²) >= 11 is 1.69. The number of thiophene rings is 1. The van der Waals surface area contributed by atoms with Crippen molar-refractivity contribution in [1.82, 2.24) is 0 Å². The van der Waals surface area contributed by atoms with Gasteiger partial charge in [0, 0.05) is 20.2 Å². The lowest BCUT2D eigenvalue weighted by Gasteiger charge is -2.13. The Labute approximate surface area is 247 Å². The van der Waals surface area contributed by atoms with Crippen LogP contribution in [0.3, 0.4) is 0 Å². The van der Waals surface area contributed by atoms with Gasteiger partial charge >= 0.3 is 0 Å². The van der Waals surface area contributed by atoms with Crippen LogP contribution in [0, 0.1) is 0 Å². The quantitative estimate of drug-likeness (QED) is 0.151. The molecule has 190 valence electrons. The summed E-state index contributed by atoms with van der Waals surface area (Å²) in [5.41, 5.74) is 2.10. The SMILES string of the molecule is [2H]c1c([2H])c(-c2cccc3sc4cc5ccccc5cc4c23)c([2H])c([2H])c1-c1cc2cc3ccccc3cc2c2ccccc12. The molecule has 0 amide bonds. The fourth-order valence-electron chi connectivity index (χ4n) is 6.31. The smallest absolute Gasteiger partial charge is 0.0629 e. The molecule has 0 nitrogen and oxygen atoms in total. The van der Waals surface area contributed by atoms with Gasteiger partial charge in [-0.1, -0.05) is 109 Å². The van der Waals surface area contributed by atoms with Gasteiger partial charge in [0.2, 0.25) is 0 Å². The minimum absolute atomic E-state index is 0.0265. The van der Waals surface area contributed by atoms with Crippen molar-refractivity contribution in [2.75, 3.05) is 0 Å². The van der Waals surface area contributed by atoms with E-state index in [4.69, 9.17) is 0 Å². The number of rotatable bonds is 2. The van der Waals surface area contributed by atoms with Gasteiger partial charge in [0.15, 0.2) is 0 Å². The fourth-order valence-corrected chi connectivity index (χ4v) is 7.47. The van der Waals surface area contributed by atoms with Gasteiger partial charge in [0.05, 0.1) is 5.48 Å². The highest BCUT2D eigenvalue weighted by Crippen LogP contribution is 2.42. The molecule has 0 saturated heterocycles. The Morgan fingerprint density at radius 3 is 1.71 bits per heavy atom. The third-order valence-electron chi connectivity index (χ3n) is 8.25. The van der Waals surface area contributed by atoms with Crippen LogP contribution in [0.1, 0.15) is 5.48 Å². The van der Waals surface area contributed by atoms with E-state index in [1.54, 1.807) is 11.3 Å². The highest BCUT2D eigenvalue weighted by molar-refractivity contribution is 7.26. The van der Waals surface area contributed by atoms with Crippen LogP contribution in [0.2, 0.25) is 0 Å². The van der Waals surface area contributed by atoms with Crippen LogP contribution in [0.5, 0.6) is 0 Å². The largest absolute Gasteiger partial charge is 0.135 e. The standard InChI is InChI=1S/C40H24S/c1-2-9-28-21-36-31(20-27(28)8-1)23-35(33-12-5-6-13-34(33)36)26-18-16-25(17-19-26)32-14-7-15-38-40(32)37-22-29-10-3-4-11-30(29)24-39(37)41-38/h1-24H/i16D,17D,18D,19D. The van der Waals surface area contributed by atoms with Crippen LogP contribution < -0.4 is 0 Å². The molecule has 41 heavy (non-hydrogen) atoms. The Morgan fingerprint density at radius 1 is 0.390 bits per heavy atom. The third kappa shape index (κ3) is 3.53. The van der Waals surface area contributed by atoms with Gasteiger partial charge in [0.25, 0.3) is 0 Å². The molecule has 0 atom stereocenters. The van der Waals surface area contributed by atoms with Crippen LogP contribution in [-0.2, 0) is 0 Å². The Morgan fingerprint density at radius 2 is 0.976 bits per heavy atom. The average Bonchev–Trinajstić information content (AvgIpc) is 3.43. The number of fused-ring (bicyclic) bond motifs is 8. The molecule has 9 rings (SSSR count). The molecular formula is C40H24S. The van der Waals surface area contributed by atoms with Gasteiger partial charge in [-0.25, -0.2) is 0 Å². The van der Waals surface area contributed by atoms with Crippen molar-refractivity contribution >= 4 is 74.6 Å². The molecule has 1 heteroatoms.